The van der Waals surface area contributed by atoms with Crippen LogP contribution in [0.4, 0.5) is 5.69 Å². The smallest absolute Gasteiger partial charge is 0.339 e. The SMILES string of the molecule is COc1ccc(/N=N/CCS(=O)(=O)O)cc1C(=O)O. The van der Waals surface area contributed by atoms with E-state index in [0.717, 1.165) is 0 Å². The first kappa shape index (κ1) is 15.1. The minimum atomic E-state index is -4.08. The van der Waals surface area contributed by atoms with Crippen molar-refractivity contribution in [3.05, 3.63) is 23.8 Å². The Morgan fingerprint density at radius 3 is 2.63 bits per heavy atom. The molecule has 0 aromatic heterocycles. The van der Waals surface area contributed by atoms with Gasteiger partial charge < -0.3 is 9.84 Å². The molecule has 2 N–H and O–H groups in total. The van der Waals surface area contributed by atoms with Gasteiger partial charge in [0.15, 0.2) is 0 Å². The summed E-state index contributed by atoms with van der Waals surface area (Å²) in [5, 5.41) is 16.1. The minimum Gasteiger partial charge on any atom is -0.496 e. The summed E-state index contributed by atoms with van der Waals surface area (Å²) >= 11 is 0. The average molecular weight is 288 g/mol. The van der Waals surface area contributed by atoms with Crippen LogP contribution in [0.15, 0.2) is 28.4 Å². The molecule has 0 heterocycles. The van der Waals surface area contributed by atoms with Crippen LogP contribution >= 0.6 is 0 Å². The predicted octanol–water partition coefficient (Wildman–Crippen LogP) is 1.36. The van der Waals surface area contributed by atoms with E-state index in [0.29, 0.717) is 0 Å². The number of benzene rings is 1. The zero-order valence-electron chi connectivity index (χ0n) is 9.98. The molecule has 0 fully saturated rings. The summed E-state index contributed by atoms with van der Waals surface area (Å²) < 4.78 is 34.2. The zero-order valence-corrected chi connectivity index (χ0v) is 10.8. The van der Waals surface area contributed by atoms with E-state index >= 15 is 0 Å². The van der Waals surface area contributed by atoms with Gasteiger partial charge in [0.05, 0.1) is 25.1 Å². The molecule has 0 aliphatic carbocycles. The lowest BCUT2D eigenvalue weighted by Crippen LogP contribution is -2.05. The standard InChI is InChI=1S/C10H12N2O6S/c1-18-9-3-2-7(6-8(9)10(13)14)12-11-4-5-19(15,16)17/h2-3,6H,4-5H2,1H3,(H,13,14)(H,15,16,17)/b12-11+. The molecule has 104 valence electrons. The van der Waals surface area contributed by atoms with Crippen molar-refractivity contribution in [2.75, 3.05) is 19.4 Å². The molecule has 0 saturated heterocycles. The van der Waals surface area contributed by atoms with Crippen molar-refractivity contribution in [1.29, 1.82) is 0 Å². The molecule has 1 rings (SSSR count). The molecule has 0 saturated carbocycles. The number of rotatable bonds is 6. The fourth-order valence-corrected chi connectivity index (χ4v) is 1.53. The first-order valence-corrected chi connectivity index (χ1v) is 6.68. The fraction of sp³-hybridized carbons (Fsp3) is 0.300. The normalized spacial score (nSPS) is 11.7. The molecule has 0 unspecified atom stereocenters. The van der Waals surface area contributed by atoms with Crippen LogP contribution in [0.3, 0.4) is 0 Å². The summed E-state index contributed by atoms with van der Waals surface area (Å²) in [5.74, 6) is -1.53. The highest BCUT2D eigenvalue weighted by molar-refractivity contribution is 7.85. The highest BCUT2D eigenvalue weighted by atomic mass is 32.2. The molecule has 0 spiro atoms. The number of carboxylic acid groups (broad SMARTS) is 1. The van der Waals surface area contributed by atoms with Gasteiger partial charge >= 0.3 is 5.97 Å². The van der Waals surface area contributed by atoms with Gasteiger partial charge in [-0.05, 0) is 18.2 Å². The van der Waals surface area contributed by atoms with Crippen molar-refractivity contribution < 1.29 is 27.6 Å². The Morgan fingerprint density at radius 2 is 2.11 bits per heavy atom. The Balaban J connectivity index is 2.82. The number of azo groups is 1. The molecule has 0 amide bonds. The number of hydrogen-bond acceptors (Lipinski definition) is 6. The molecule has 0 bridgehead atoms. The van der Waals surface area contributed by atoms with Gasteiger partial charge in [-0.3, -0.25) is 4.55 Å². The lowest BCUT2D eigenvalue weighted by atomic mass is 10.2. The van der Waals surface area contributed by atoms with Crippen LogP contribution in [0.25, 0.3) is 0 Å². The van der Waals surface area contributed by atoms with Gasteiger partial charge in [-0.25, -0.2) is 4.79 Å². The quantitative estimate of drug-likeness (QED) is 0.601. The van der Waals surface area contributed by atoms with Gasteiger partial charge in [-0.15, -0.1) is 0 Å². The Labute approximate surface area is 109 Å². The maximum atomic E-state index is 10.9. The third kappa shape index (κ3) is 5.02. The van der Waals surface area contributed by atoms with Crippen molar-refractivity contribution in [3.63, 3.8) is 0 Å². The van der Waals surface area contributed by atoms with E-state index < -0.39 is 21.8 Å². The van der Waals surface area contributed by atoms with Crippen molar-refractivity contribution in [3.8, 4) is 5.75 Å². The monoisotopic (exact) mass is 288 g/mol. The number of aromatic carboxylic acids is 1. The highest BCUT2D eigenvalue weighted by Crippen LogP contribution is 2.24. The van der Waals surface area contributed by atoms with Crippen LogP contribution in [0, 0.1) is 0 Å². The van der Waals surface area contributed by atoms with Crippen LogP contribution in [-0.2, 0) is 10.1 Å². The number of carbonyl (C=O) groups is 1. The molecular formula is C10H12N2O6S. The van der Waals surface area contributed by atoms with Crippen LogP contribution in [0.2, 0.25) is 0 Å². The summed E-state index contributed by atoms with van der Waals surface area (Å²) in [6.45, 7) is -0.215. The Morgan fingerprint density at radius 1 is 1.42 bits per heavy atom. The molecular weight excluding hydrogens is 276 g/mol. The van der Waals surface area contributed by atoms with Crippen molar-refractivity contribution in [1.82, 2.24) is 0 Å². The molecule has 8 nitrogen and oxygen atoms in total. The lowest BCUT2D eigenvalue weighted by molar-refractivity contribution is 0.0693. The second-order valence-electron chi connectivity index (χ2n) is 3.44. The van der Waals surface area contributed by atoms with Crippen molar-refractivity contribution >= 4 is 21.8 Å². The Kier molecular flexibility index (Phi) is 4.95. The summed E-state index contributed by atoms with van der Waals surface area (Å²) in [4.78, 5) is 10.9. The van der Waals surface area contributed by atoms with Crippen LogP contribution in [-0.4, -0.2) is 43.5 Å². The summed E-state index contributed by atoms with van der Waals surface area (Å²) in [7, 11) is -2.74. The Hall–Kier alpha value is -2.00. The maximum Gasteiger partial charge on any atom is 0.339 e. The van der Waals surface area contributed by atoms with E-state index in [2.05, 4.69) is 10.2 Å². The fourth-order valence-electron chi connectivity index (χ4n) is 1.21. The van der Waals surface area contributed by atoms with E-state index in [1.807, 2.05) is 0 Å². The van der Waals surface area contributed by atoms with E-state index in [4.69, 9.17) is 14.4 Å². The molecule has 19 heavy (non-hydrogen) atoms. The summed E-state index contributed by atoms with van der Waals surface area (Å²) in [6.07, 6.45) is 0. The highest BCUT2D eigenvalue weighted by Gasteiger charge is 2.11. The van der Waals surface area contributed by atoms with E-state index in [1.165, 1.54) is 25.3 Å². The topological polar surface area (TPSA) is 126 Å². The Bertz CT molecular complexity index is 596. The van der Waals surface area contributed by atoms with Crippen LogP contribution in [0.5, 0.6) is 5.75 Å². The molecule has 1 aromatic rings. The molecule has 0 radical (unpaired) electrons. The largest absolute Gasteiger partial charge is 0.496 e. The van der Waals surface area contributed by atoms with Gasteiger partial charge in [0.1, 0.15) is 11.3 Å². The summed E-state index contributed by atoms with van der Waals surface area (Å²) in [5.41, 5.74) is 0.169. The van der Waals surface area contributed by atoms with E-state index in [-0.39, 0.29) is 23.5 Å². The van der Waals surface area contributed by atoms with E-state index in [1.54, 1.807) is 0 Å². The lowest BCUT2D eigenvalue weighted by Gasteiger charge is -2.04. The summed E-state index contributed by atoms with van der Waals surface area (Å²) in [6, 6.07) is 4.14. The van der Waals surface area contributed by atoms with Crippen molar-refractivity contribution in [2.24, 2.45) is 10.2 Å². The number of carboxylic acids is 1. The maximum absolute atomic E-state index is 10.9. The first-order valence-electron chi connectivity index (χ1n) is 5.07. The zero-order chi connectivity index (χ0) is 14.5. The van der Waals surface area contributed by atoms with Crippen LogP contribution in [0.1, 0.15) is 10.4 Å². The minimum absolute atomic E-state index is 0.0753. The third-order valence-electron chi connectivity index (χ3n) is 2.05. The second kappa shape index (κ2) is 6.25. The predicted molar refractivity (Wildman–Crippen MR) is 65.8 cm³/mol. The molecule has 0 atom stereocenters. The van der Waals surface area contributed by atoms with E-state index in [9.17, 15) is 13.2 Å². The molecule has 0 aliphatic rings. The number of ether oxygens (including phenoxy) is 1. The van der Waals surface area contributed by atoms with Gasteiger partial charge in [0.2, 0.25) is 0 Å². The van der Waals surface area contributed by atoms with Crippen molar-refractivity contribution in [2.45, 2.75) is 0 Å². The molecule has 1 aromatic carbocycles. The second-order valence-corrected chi connectivity index (χ2v) is 5.01. The molecule has 9 heteroatoms. The van der Waals surface area contributed by atoms with Gasteiger partial charge in [-0.1, -0.05) is 0 Å². The first-order chi connectivity index (χ1) is 8.83. The third-order valence-corrected chi connectivity index (χ3v) is 2.75. The van der Waals surface area contributed by atoms with Gasteiger partial charge in [0.25, 0.3) is 10.1 Å². The van der Waals surface area contributed by atoms with Gasteiger partial charge in [-0.2, -0.15) is 18.6 Å². The van der Waals surface area contributed by atoms with Gasteiger partial charge in [0, 0.05) is 0 Å². The number of nitrogens with zero attached hydrogens (tertiary/aromatic N) is 2. The number of methoxy groups -OCH3 is 1. The number of hydrogen-bond donors (Lipinski definition) is 2. The average Bonchev–Trinajstić information content (AvgIpc) is 2.33. The van der Waals surface area contributed by atoms with Crippen LogP contribution < -0.4 is 4.74 Å². The molecule has 0 aliphatic heterocycles.